The summed E-state index contributed by atoms with van der Waals surface area (Å²) in [6.45, 7) is 4.32. The molecule has 34 heavy (non-hydrogen) atoms. The molecular formula is C27H25BrN4OS. The van der Waals surface area contributed by atoms with Crippen LogP contribution in [0.25, 0.3) is 5.69 Å². The van der Waals surface area contributed by atoms with Crippen molar-refractivity contribution >= 4 is 38.9 Å². The molecule has 1 fully saturated rings. The van der Waals surface area contributed by atoms with E-state index in [4.69, 9.17) is 17.0 Å². The maximum atomic E-state index is 5.88. The summed E-state index contributed by atoms with van der Waals surface area (Å²) in [6, 6.07) is 24.5. The van der Waals surface area contributed by atoms with E-state index in [2.05, 4.69) is 92.0 Å². The van der Waals surface area contributed by atoms with Crippen molar-refractivity contribution in [1.82, 2.24) is 14.9 Å². The summed E-state index contributed by atoms with van der Waals surface area (Å²) in [6.07, 6.45) is 1.83. The van der Waals surface area contributed by atoms with E-state index in [1.807, 2.05) is 36.5 Å². The van der Waals surface area contributed by atoms with E-state index in [9.17, 15) is 0 Å². The third-order valence-electron chi connectivity index (χ3n) is 6.30. The van der Waals surface area contributed by atoms with E-state index >= 15 is 0 Å². The molecule has 2 aromatic carbocycles. The van der Waals surface area contributed by atoms with Gasteiger partial charge in [0.2, 0.25) is 0 Å². The molecule has 0 radical (unpaired) electrons. The Hall–Kier alpha value is -3.16. The third kappa shape index (κ3) is 3.99. The number of anilines is 1. The van der Waals surface area contributed by atoms with Crippen LogP contribution in [0.5, 0.6) is 5.75 Å². The third-order valence-corrected chi connectivity index (χ3v) is 7.15. The molecule has 1 aliphatic rings. The summed E-state index contributed by atoms with van der Waals surface area (Å²) in [5.74, 6) is 0.792. The first kappa shape index (κ1) is 22.6. The normalized spacial score (nSPS) is 17.6. The number of aryl methyl sites for hydroxylation is 1. The Morgan fingerprint density at radius 2 is 1.76 bits per heavy atom. The molecule has 1 aliphatic heterocycles. The van der Waals surface area contributed by atoms with Crippen molar-refractivity contribution in [3.05, 3.63) is 106 Å². The molecule has 2 atom stereocenters. The Kier molecular flexibility index (Phi) is 6.15. The number of benzene rings is 2. The average Bonchev–Trinajstić information content (AvgIpc) is 3.35. The molecule has 4 aromatic rings. The van der Waals surface area contributed by atoms with Crippen LogP contribution in [0.4, 0.5) is 5.69 Å². The molecule has 0 unspecified atom stereocenters. The molecule has 0 saturated carbocycles. The van der Waals surface area contributed by atoms with E-state index in [0.717, 1.165) is 33.0 Å². The van der Waals surface area contributed by atoms with Gasteiger partial charge in [0.1, 0.15) is 5.75 Å². The van der Waals surface area contributed by atoms with Gasteiger partial charge in [0, 0.05) is 39.5 Å². The smallest absolute Gasteiger partial charge is 0.174 e. The van der Waals surface area contributed by atoms with Crippen LogP contribution in [0.1, 0.15) is 34.7 Å². The first-order valence-electron chi connectivity index (χ1n) is 11.1. The lowest BCUT2D eigenvalue weighted by Gasteiger charge is -2.28. The number of rotatable bonds is 5. The van der Waals surface area contributed by atoms with E-state index < -0.39 is 0 Å². The lowest BCUT2D eigenvalue weighted by molar-refractivity contribution is 0.415. The first-order valence-corrected chi connectivity index (χ1v) is 12.3. The van der Waals surface area contributed by atoms with E-state index in [-0.39, 0.29) is 12.1 Å². The van der Waals surface area contributed by atoms with Crippen LogP contribution in [0.2, 0.25) is 0 Å². The Morgan fingerprint density at radius 1 is 0.971 bits per heavy atom. The Bertz CT molecular complexity index is 1340. The molecule has 3 heterocycles. The summed E-state index contributed by atoms with van der Waals surface area (Å²) in [5, 5.41) is 4.22. The van der Waals surface area contributed by atoms with Gasteiger partial charge in [0.05, 0.1) is 24.9 Å². The average molecular weight is 533 g/mol. The highest BCUT2D eigenvalue weighted by Crippen LogP contribution is 2.44. The standard InChI is InChI=1S/C27H25BrN4OS/c1-17-15-23(18(2)31(17)20-12-10-19(28)11-13-20)26-25(24-9-4-5-14-29-24)30-27(34)32(26)21-7-6-8-22(16-21)33-3/h4-16,25-26H,1-3H3,(H,30,34)/t25-,26-/m0/s1. The van der Waals surface area contributed by atoms with Crippen molar-refractivity contribution in [2.24, 2.45) is 0 Å². The topological polar surface area (TPSA) is 42.3 Å². The number of pyridine rings is 1. The van der Waals surface area contributed by atoms with Gasteiger partial charge in [-0.05, 0) is 86.2 Å². The monoisotopic (exact) mass is 532 g/mol. The molecule has 0 spiro atoms. The van der Waals surface area contributed by atoms with Gasteiger partial charge in [0.15, 0.2) is 5.11 Å². The molecule has 5 nitrogen and oxygen atoms in total. The second-order valence-electron chi connectivity index (χ2n) is 8.34. The van der Waals surface area contributed by atoms with Crippen molar-refractivity contribution in [3.63, 3.8) is 0 Å². The molecular weight excluding hydrogens is 508 g/mol. The van der Waals surface area contributed by atoms with Crippen molar-refractivity contribution in [1.29, 1.82) is 0 Å². The number of nitrogens with one attached hydrogen (secondary N) is 1. The zero-order valence-corrected chi connectivity index (χ0v) is 21.6. The SMILES string of the molecule is COc1cccc(N2C(=S)N[C@@H](c3ccccn3)[C@@H]2c2cc(C)n(-c3ccc(Br)cc3)c2C)c1. The molecule has 5 rings (SSSR count). The van der Waals surface area contributed by atoms with Crippen molar-refractivity contribution in [2.75, 3.05) is 12.0 Å². The fourth-order valence-corrected chi connectivity index (χ4v) is 5.39. The zero-order valence-electron chi connectivity index (χ0n) is 19.2. The number of nitrogens with zero attached hydrogens (tertiary/aromatic N) is 3. The number of halogens is 1. The Labute approximate surface area is 213 Å². The number of hydrogen-bond donors (Lipinski definition) is 1. The minimum atomic E-state index is -0.0984. The highest BCUT2D eigenvalue weighted by molar-refractivity contribution is 9.10. The first-order chi connectivity index (χ1) is 16.5. The number of hydrogen-bond acceptors (Lipinski definition) is 3. The van der Waals surface area contributed by atoms with Crippen LogP contribution < -0.4 is 15.0 Å². The highest BCUT2D eigenvalue weighted by Gasteiger charge is 2.42. The maximum absolute atomic E-state index is 5.88. The van der Waals surface area contributed by atoms with Crippen LogP contribution in [0.15, 0.2) is 83.5 Å². The fraction of sp³-hybridized carbons (Fsp3) is 0.185. The Balaban J connectivity index is 1.68. The second-order valence-corrected chi connectivity index (χ2v) is 9.64. The molecule has 0 amide bonds. The molecule has 1 saturated heterocycles. The summed E-state index contributed by atoms with van der Waals surface area (Å²) < 4.78 is 8.86. The summed E-state index contributed by atoms with van der Waals surface area (Å²) in [4.78, 5) is 6.86. The van der Waals surface area contributed by atoms with Gasteiger partial charge < -0.3 is 19.5 Å². The largest absolute Gasteiger partial charge is 0.497 e. The molecule has 172 valence electrons. The predicted molar refractivity (Wildman–Crippen MR) is 144 cm³/mol. The maximum Gasteiger partial charge on any atom is 0.174 e. The number of thiocarbonyl (C=S) groups is 1. The lowest BCUT2D eigenvalue weighted by atomic mass is 9.96. The van der Waals surface area contributed by atoms with E-state index in [1.165, 1.54) is 11.3 Å². The minimum absolute atomic E-state index is 0.0788. The van der Waals surface area contributed by atoms with Gasteiger partial charge in [-0.1, -0.05) is 28.1 Å². The highest BCUT2D eigenvalue weighted by atomic mass is 79.9. The quantitative estimate of drug-likeness (QED) is 0.299. The van der Waals surface area contributed by atoms with Gasteiger partial charge in [-0.15, -0.1) is 0 Å². The van der Waals surface area contributed by atoms with Crippen LogP contribution >= 0.6 is 28.1 Å². The predicted octanol–water partition coefficient (Wildman–Crippen LogP) is 6.44. The van der Waals surface area contributed by atoms with E-state index in [1.54, 1.807) is 7.11 Å². The van der Waals surface area contributed by atoms with Gasteiger partial charge >= 0.3 is 0 Å². The van der Waals surface area contributed by atoms with Crippen molar-refractivity contribution in [3.8, 4) is 11.4 Å². The Morgan fingerprint density at radius 3 is 2.47 bits per heavy atom. The van der Waals surface area contributed by atoms with E-state index in [0.29, 0.717) is 5.11 Å². The van der Waals surface area contributed by atoms with Crippen LogP contribution in [0, 0.1) is 13.8 Å². The molecule has 7 heteroatoms. The fourth-order valence-electron chi connectivity index (χ4n) is 4.78. The summed E-state index contributed by atoms with van der Waals surface area (Å²) in [7, 11) is 1.68. The summed E-state index contributed by atoms with van der Waals surface area (Å²) >= 11 is 9.43. The van der Waals surface area contributed by atoms with Gasteiger partial charge in [-0.25, -0.2) is 0 Å². The minimum Gasteiger partial charge on any atom is -0.497 e. The summed E-state index contributed by atoms with van der Waals surface area (Å²) in [5.41, 5.74) is 6.59. The van der Waals surface area contributed by atoms with Crippen LogP contribution in [0.3, 0.4) is 0 Å². The number of ether oxygens (including phenoxy) is 1. The number of methoxy groups -OCH3 is 1. The molecule has 0 bridgehead atoms. The zero-order chi connectivity index (χ0) is 23.8. The van der Waals surface area contributed by atoms with Crippen LogP contribution in [-0.2, 0) is 0 Å². The van der Waals surface area contributed by atoms with Crippen molar-refractivity contribution in [2.45, 2.75) is 25.9 Å². The molecule has 0 aliphatic carbocycles. The number of aromatic nitrogens is 2. The van der Waals surface area contributed by atoms with Gasteiger partial charge in [-0.2, -0.15) is 0 Å². The van der Waals surface area contributed by atoms with Gasteiger partial charge in [0.25, 0.3) is 0 Å². The molecule has 1 N–H and O–H groups in total. The van der Waals surface area contributed by atoms with Gasteiger partial charge in [-0.3, -0.25) is 4.98 Å². The lowest BCUT2D eigenvalue weighted by Crippen LogP contribution is -2.29. The molecule has 2 aromatic heterocycles. The second kappa shape index (κ2) is 9.24. The van der Waals surface area contributed by atoms with Crippen LogP contribution in [-0.4, -0.2) is 21.8 Å². The van der Waals surface area contributed by atoms with Crippen molar-refractivity contribution < 1.29 is 4.74 Å².